The summed E-state index contributed by atoms with van der Waals surface area (Å²) in [5, 5.41) is 2.96. The third-order valence-corrected chi connectivity index (χ3v) is 2.58. The van der Waals surface area contributed by atoms with Gasteiger partial charge in [-0.1, -0.05) is 0 Å². The predicted molar refractivity (Wildman–Crippen MR) is 64.7 cm³/mol. The van der Waals surface area contributed by atoms with Gasteiger partial charge >= 0.3 is 0 Å². The molecule has 0 atom stereocenters. The average Bonchev–Trinajstić information content (AvgIpc) is 2.16. The van der Waals surface area contributed by atoms with Gasteiger partial charge in [0, 0.05) is 18.8 Å². The molecule has 4 N–H and O–H groups in total. The van der Waals surface area contributed by atoms with Gasteiger partial charge in [0.25, 0.3) is 0 Å². The number of pyridine rings is 1. The van der Waals surface area contributed by atoms with Gasteiger partial charge in [-0.2, -0.15) is 0 Å². The highest BCUT2D eigenvalue weighted by Gasteiger charge is 2.02. The van der Waals surface area contributed by atoms with E-state index >= 15 is 0 Å². The molecule has 0 saturated carbocycles. The first-order chi connectivity index (χ1) is 7.38. The van der Waals surface area contributed by atoms with Gasteiger partial charge in [0.2, 0.25) is 10.0 Å². The second-order valence-corrected chi connectivity index (χ2v) is 5.32. The second kappa shape index (κ2) is 5.13. The lowest BCUT2D eigenvalue weighted by Gasteiger charge is -2.08. The van der Waals surface area contributed by atoms with Crippen LogP contribution >= 0.6 is 0 Å². The summed E-state index contributed by atoms with van der Waals surface area (Å²) in [6, 6.07) is 3.57. The summed E-state index contributed by atoms with van der Waals surface area (Å²) in [5.41, 5.74) is 7.09. The Bertz CT molecular complexity index is 459. The van der Waals surface area contributed by atoms with Crippen LogP contribution in [0.2, 0.25) is 0 Å². The van der Waals surface area contributed by atoms with Crippen LogP contribution in [-0.2, 0) is 10.0 Å². The van der Waals surface area contributed by atoms with E-state index in [9.17, 15) is 8.42 Å². The molecule has 0 fully saturated rings. The molecule has 7 heteroatoms. The first kappa shape index (κ1) is 12.7. The Morgan fingerprint density at radius 3 is 2.69 bits per heavy atom. The largest absolute Gasteiger partial charge is 0.396 e. The summed E-state index contributed by atoms with van der Waals surface area (Å²) in [7, 11) is -3.14. The van der Waals surface area contributed by atoms with Crippen molar-refractivity contribution in [2.45, 2.75) is 6.92 Å². The summed E-state index contributed by atoms with van der Waals surface area (Å²) in [4.78, 5) is 4.19. The van der Waals surface area contributed by atoms with Crippen LogP contribution < -0.4 is 15.8 Å². The average molecular weight is 244 g/mol. The van der Waals surface area contributed by atoms with Gasteiger partial charge in [-0.05, 0) is 19.1 Å². The van der Waals surface area contributed by atoms with E-state index in [0.717, 1.165) is 11.9 Å². The molecule has 0 radical (unpaired) electrons. The van der Waals surface area contributed by atoms with Gasteiger partial charge < -0.3 is 11.1 Å². The molecular weight excluding hydrogens is 228 g/mol. The third-order valence-electron chi connectivity index (χ3n) is 1.85. The standard InChI is InChI=1S/C9H16N4O2S/c1-7-3-4-8(10)9(13-7)11-5-6-12-16(2,14)15/h3-4,12H,5-6,10H2,1-2H3,(H,11,13). The molecule has 0 aliphatic rings. The molecule has 6 nitrogen and oxygen atoms in total. The maximum Gasteiger partial charge on any atom is 0.208 e. The van der Waals surface area contributed by atoms with Gasteiger partial charge in [0.05, 0.1) is 11.9 Å². The molecule has 1 aromatic rings. The third kappa shape index (κ3) is 4.45. The quantitative estimate of drug-likeness (QED) is 0.630. The maximum absolute atomic E-state index is 10.8. The molecule has 1 heterocycles. The van der Waals surface area contributed by atoms with E-state index in [4.69, 9.17) is 5.73 Å². The lowest BCUT2D eigenvalue weighted by Crippen LogP contribution is -2.28. The molecule has 16 heavy (non-hydrogen) atoms. The minimum atomic E-state index is -3.14. The molecule has 0 spiro atoms. The first-order valence-electron chi connectivity index (χ1n) is 4.80. The van der Waals surface area contributed by atoms with E-state index < -0.39 is 10.0 Å². The number of aromatic nitrogens is 1. The van der Waals surface area contributed by atoms with Crippen molar-refractivity contribution in [2.24, 2.45) is 0 Å². The number of nitrogen functional groups attached to an aromatic ring is 1. The fourth-order valence-electron chi connectivity index (χ4n) is 1.13. The van der Waals surface area contributed by atoms with Crippen LogP contribution in [0.25, 0.3) is 0 Å². The van der Waals surface area contributed by atoms with Crippen LogP contribution in [0.15, 0.2) is 12.1 Å². The SMILES string of the molecule is Cc1ccc(N)c(NCCNS(C)(=O)=O)n1. The summed E-state index contributed by atoms with van der Waals surface area (Å²) >= 11 is 0. The fourth-order valence-corrected chi connectivity index (χ4v) is 1.60. The molecule has 1 rings (SSSR count). The Hall–Kier alpha value is -1.34. The lowest BCUT2D eigenvalue weighted by atomic mass is 10.3. The number of sulfonamides is 1. The minimum Gasteiger partial charge on any atom is -0.396 e. The van der Waals surface area contributed by atoms with Gasteiger partial charge in [0.1, 0.15) is 5.82 Å². The van der Waals surface area contributed by atoms with Gasteiger partial charge in [-0.15, -0.1) is 0 Å². The monoisotopic (exact) mass is 244 g/mol. The molecule has 0 amide bonds. The summed E-state index contributed by atoms with van der Waals surface area (Å²) in [6.07, 6.45) is 1.12. The van der Waals surface area contributed by atoms with Crippen molar-refractivity contribution in [3.63, 3.8) is 0 Å². The first-order valence-corrected chi connectivity index (χ1v) is 6.69. The van der Waals surface area contributed by atoms with Crippen molar-refractivity contribution in [3.05, 3.63) is 17.8 Å². The van der Waals surface area contributed by atoms with Crippen LogP contribution in [0.3, 0.4) is 0 Å². The number of nitrogens with zero attached hydrogens (tertiary/aromatic N) is 1. The zero-order valence-corrected chi connectivity index (χ0v) is 10.1. The van der Waals surface area contributed by atoms with E-state index in [2.05, 4.69) is 15.0 Å². The zero-order valence-electron chi connectivity index (χ0n) is 9.32. The summed E-state index contributed by atoms with van der Waals surface area (Å²) in [6.45, 7) is 2.60. The molecule has 0 aliphatic heterocycles. The zero-order chi connectivity index (χ0) is 12.2. The topological polar surface area (TPSA) is 97.1 Å². The van der Waals surface area contributed by atoms with E-state index in [1.807, 2.05) is 13.0 Å². The van der Waals surface area contributed by atoms with Crippen LogP contribution in [-0.4, -0.2) is 32.7 Å². The predicted octanol–water partition coefficient (Wildman–Crippen LogP) is -0.0667. The van der Waals surface area contributed by atoms with Crippen LogP contribution in [0, 0.1) is 6.92 Å². The van der Waals surface area contributed by atoms with Gasteiger partial charge in [0.15, 0.2) is 0 Å². The number of rotatable bonds is 5. The smallest absolute Gasteiger partial charge is 0.208 e. The second-order valence-electron chi connectivity index (χ2n) is 3.48. The maximum atomic E-state index is 10.8. The van der Waals surface area contributed by atoms with E-state index in [-0.39, 0.29) is 0 Å². The van der Waals surface area contributed by atoms with Crippen molar-refractivity contribution >= 4 is 21.5 Å². The number of nitrogens with two attached hydrogens (primary N) is 1. The van der Waals surface area contributed by atoms with Crippen molar-refractivity contribution in [2.75, 3.05) is 30.4 Å². The Morgan fingerprint density at radius 2 is 2.06 bits per heavy atom. The molecule has 0 bridgehead atoms. The molecule has 0 aromatic carbocycles. The number of nitrogens with one attached hydrogen (secondary N) is 2. The van der Waals surface area contributed by atoms with E-state index in [1.54, 1.807) is 6.07 Å². The molecule has 90 valence electrons. The van der Waals surface area contributed by atoms with Crippen molar-refractivity contribution in [1.29, 1.82) is 0 Å². The molecular formula is C9H16N4O2S. The van der Waals surface area contributed by atoms with Crippen LogP contribution in [0.4, 0.5) is 11.5 Å². The highest BCUT2D eigenvalue weighted by Crippen LogP contribution is 2.14. The Labute approximate surface area is 95.3 Å². The fraction of sp³-hybridized carbons (Fsp3) is 0.444. The van der Waals surface area contributed by atoms with Crippen molar-refractivity contribution in [1.82, 2.24) is 9.71 Å². The number of hydrogen-bond donors (Lipinski definition) is 3. The Morgan fingerprint density at radius 1 is 1.38 bits per heavy atom. The summed E-state index contributed by atoms with van der Waals surface area (Å²) in [5.74, 6) is 0.579. The summed E-state index contributed by atoms with van der Waals surface area (Å²) < 4.78 is 23.9. The van der Waals surface area contributed by atoms with E-state index in [1.165, 1.54) is 0 Å². The molecule has 0 saturated heterocycles. The molecule has 1 aromatic heterocycles. The Balaban J connectivity index is 2.46. The number of hydrogen-bond acceptors (Lipinski definition) is 5. The highest BCUT2D eigenvalue weighted by molar-refractivity contribution is 7.88. The number of anilines is 2. The van der Waals surface area contributed by atoms with Crippen molar-refractivity contribution < 1.29 is 8.42 Å². The number of aryl methyl sites for hydroxylation is 1. The van der Waals surface area contributed by atoms with Gasteiger partial charge in [-0.3, -0.25) is 0 Å². The molecule has 0 aliphatic carbocycles. The van der Waals surface area contributed by atoms with Crippen LogP contribution in [0.5, 0.6) is 0 Å². The highest BCUT2D eigenvalue weighted by atomic mass is 32.2. The van der Waals surface area contributed by atoms with Gasteiger partial charge in [-0.25, -0.2) is 18.1 Å². The normalized spacial score (nSPS) is 11.4. The molecule has 0 unspecified atom stereocenters. The lowest BCUT2D eigenvalue weighted by molar-refractivity contribution is 0.589. The van der Waals surface area contributed by atoms with Crippen LogP contribution in [0.1, 0.15) is 5.69 Å². The Kier molecular flexibility index (Phi) is 4.08. The minimum absolute atomic E-state index is 0.299. The van der Waals surface area contributed by atoms with Crippen molar-refractivity contribution in [3.8, 4) is 0 Å². The van der Waals surface area contributed by atoms with E-state index in [0.29, 0.717) is 24.6 Å².